The maximum Gasteiger partial charge on any atom is 0.259 e. The third kappa shape index (κ3) is 4.74. The largest absolute Gasteiger partial charge is 0.455 e. The van der Waals surface area contributed by atoms with Gasteiger partial charge in [-0.1, -0.05) is 24.3 Å². The molecule has 33 heavy (non-hydrogen) atoms. The Labute approximate surface area is 200 Å². The number of ether oxygens (including phenoxy) is 3. The second-order valence-electron chi connectivity index (χ2n) is 7.20. The van der Waals surface area contributed by atoms with E-state index in [0.717, 1.165) is 4.31 Å². The molecule has 0 bridgehead atoms. The molecule has 1 aliphatic heterocycles. The van der Waals surface area contributed by atoms with Gasteiger partial charge in [-0.15, -0.1) is 0 Å². The van der Waals surface area contributed by atoms with Crippen molar-refractivity contribution in [2.45, 2.75) is 4.90 Å². The van der Waals surface area contributed by atoms with Gasteiger partial charge >= 0.3 is 0 Å². The Morgan fingerprint density at radius 2 is 1.76 bits per heavy atom. The van der Waals surface area contributed by atoms with Crippen LogP contribution in [0.2, 0.25) is 0 Å². The summed E-state index contributed by atoms with van der Waals surface area (Å²) in [4.78, 5) is 12.8. The quantitative estimate of drug-likeness (QED) is 0.466. The molecule has 0 saturated carbocycles. The lowest BCUT2D eigenvalue weighted by Gasteiger charge is -2.20. The Balaban J connectivity index is 1.87. The summed E-state index contributed by atoms with van der Waals surface area (Å²) in [7, 11) is -1.10. The molecule has 0 saturated heterocycles. The summed E-state index contributed by atoms with van der Waals surface area (Å²) in [5.41, 5.74) is 0.554. The van der Waals surface area contributed by atoms with Gasteiger partial charge in [0, 0.05) is 26.8 Å². The van der Waals surface area contributed by atoms with Crippen molar-refractivity contribution in [1.82, 2.24) is 4.31 Å². The average molecular weight is 533 g/mol. The second-order valence-corrected chi connectivity index (χ2v) is 10.1. The third-order valence-electron chi connectivity index (χ3n) is 5.00. The number of likely N-dealkylation sites (N-methyl/N-ethyl adjacent to an activating group) is 1. The van der Waals surface area contributed by atoms with Crippen LogP contribution < -0.4 is 14.8 Å². The SMILES string of the molecule is COCCN(C)S(=O)(=O)c1cc2c(cc1Oc1ccccc1Br)Oc1ccccc1NC2=O. The molecular weight excluding hydrogens is 512 g/mol. The van der Waals surface area contributed by atoms with Crippen LogP contribution >= 0.6 is 15.9 Å². The number of amides is 1. The van der Waals surface area contributed by atoms with E-state index in [-0.39, 0.29) is 35.1 Å². The number of nitrogens with zero attached hydrogens (tertiary/aromatic N) is 1. The lowest BCUT2D eigenvalue weighted by molar-refractivity contribution is 0.102. The molecule has 0 fully saturated rings. The molecule has 4 rings (SSSR count). The van der Waals surface area contributed by atoms with Crippen molar-refractivity contribution < 1.29 is 27.4 Å². The zero-order chi connectivity index (χ0) is 23.6. The minimum Gasteiger partial charge on any atom is -0.455 e. The Hall–Kier alpha value is -2.92. The number of carbonyl (C=O) groups excluding carboxylic acids is 1. The first kappa shape index (κ1) is 23.2. The fourth-order valence-corrected chi connectivity index (χ4v) is 4.84. The summed E-state index contributed by atoms with van der Waals surface area (Å²) < 4.78 is 45.7. The van der Waals surface area contributed by atoms with Crippen LogP contribution in [-0.4, -0.2) is 45.9 Å². The Bertz CT molecular complexity index is 1310. The fourth-order valence-electron chi connectivity index (χ4n) is 3.21. The molecule has 10 heteroatoms. The highest BCUT2D eigenvalue weighted by Crippen LogP contribution is 2.42. The van der Waals surface area contributed by atoms with Crippen LogP contribution in [0.1, 0.15) is 10.4 Å². The monoisotopic (exact) mass is 532 g/mol. The number of rotatable bonds is 7. The summed E-state index contributed by atoms with van der Waals surface area (Å²) in [5.74, 6) is 0.560. The summed E-state index contributed by atoms with van der Waals surface area (Å²) in [5, 5.41) is 2.76. The summed E-state index contributed by atoms with van der Waals surface area (Å²) in [6.07, 6.45) is 0. The highest BCUT2D eigenvalue weighted by Gasteiger charge is 2.31. The number of para-hydroxylation sites is 3. The van der Waals surface area contributed by atoms with Gasteiger partial charge in [-0.3, -0.25) is 4.79 Å². The minimum atomic E-state index is -4.03. The fraction of sp³-hybridized carbons (Fsp3) is 0.174. The molecule has 1 amide bonds. The van der Waals surface area contributed by atoms with E-state index < -0.39 is 15.9 Å². The third-order valence-corrected chi connectivity index (χ3v) is 7.53. The van der Waals surface area contributed by atoms with Crippen LogP contribution in [0.15, 0.2) is 70.0 Å². The van der Waals surface area contributed by atoms with E-state index in [1.165, 1.54) is 26.3 Å². The van der Waals surface area contributed by atoms with Crippen molar-refractivity contribution in [1.29, 1.82) is 0 Å². The molecule has 1 heterocycles. The van der Waals surface area contributed by atoms with Gasteiger partial charge in [0.2, 0.25) is 10.0 Å². The number of benzene rings is 3. The number of sulfonamides is 1. The molecule has 3 aromatic carbocycles. The molecule has 1 aliphatic rings. The second kappa shape index (κ2) is 9.52. The highest BCUT2D eigenvalue weighted by molar-refractivity contribution is 9.10. The molecule has 3 aromatic rings. The number of hydrogen-bond donors (Lipinski definition) is 1. The first-order chi connectivity index (χ1) is 15.8. The van der Waals surface area contributed by atoms with Gasteiger partial charge < -0.3 is 19.5 Å². The maximum atomic E-state index is 13.4. The van der Waals surface area contributed by atoms with Gasteiger partial charge in [-0.05, 0) is 46.3 Å². The molecule has 1 N–H and O–H groups in total. The number of carbonyl (C=O) groups is 1. The van der Waals surface area contributed by atoms with E-state index in [4.69, 9.17) is 14.2 Å². The topological polar surface area (TPSA) is 94.2 Å². The number of hydrogen-bond acceptors (Lipinski definition) is 6. The Morgan fingerprint density at radius 1 is 1.03 bits per heavy atom. The number of anilines is 1. The smallest absolute Gasteiger partial charge is 0.259 e. The Kier molecular flexibility index (Phi) is 6.71. The number of halogens is 1. The first-order valence-corrected chi connectivity index (χ1v) is 12.2. The summed E-state index contributed by atoms with van der Waals surface area (Å²) in [6.45, 7) is 0.332. The van der Waals surface area contributed by atoms with Crippen molar-refractivity contribution in [2.75, 3.05) is 32.6 Å². The Morgan fingerprint density at radius 3 is 2.52 bits per heavy atom. The normalized spacial score (nSPS) is 12.9. The van der Waals surface area contributed by atoms with Gasteiger partial charge in [-0.2, -0.15) is 4.31 Å². The molecule has 0 aliphatic carbocycles. The molecule has 172 valence electrons. The zero-order valence-electron chi connectivity index (χ0n) is 17.9. The molecule has 8 nitrogen and oxygen atoms in total. The standard InChI is InChI=1S/C23H21BrN2O6S/c1-26(11-12-30-2)33(28,29)22-13-15-20(14-21(22)31-18-9-5-3-7-16(18)24)32-19-10-6-4-8-17(19)25-23(15)27/h3-10,13-14H,11-12H2,1-2H3,(H,25,27). The summed E-state index contributed by atoms with van der Waals surface area (Å²) in [6, 6.07) is 16.7. The average Bonchev–Trinajstić information content (AvgIpc) is 2.93. The van der Waals surface area contributed by atoms with E-state index in [0.29, 0.717) is 21.7 Å². The maximum absolute atomic E-state index is 13.4. The van der Waals surface area contributed by atoms with Crippen molar-refractivity contribution in [3.63, 3.8) is 0 Å². The zero-order valence-corrected chi connectivity index (χ0v) is 20.3. The summed E-state index contributed by atoms with van der Waals surface area (Å²) >= 11 is 3.41. The predicted molar refractivity (Wildman–Crippen MR) is 127 cm³/mol. The molecule has 0 atom stereocenters. The van der Waals surface area contributed by atoms with E-state index in [9.17, 15) is 13.2 Å². The van der Waals surface area contributed by atoms with Gasteiger partial charge in [0.05, 0.1) is 22.3 Å². The highest BCUT2D eigenvalue weighted by atomic mass is 79.9. The van der Waals surface area contributed by atoms with Gasteiger partial charge in [-0.25, -0.2) is 8.42 Å². The predicted octanol–water partition coefficient (Wildman–Crippen LogP) is 4.87. The molecule has 0 unspecified atom stereocenters. The van der Waals surface area contributed by atoms with Crippen molar-refractivity contribution in [3.05, 3.63) is 70.7 Å². The van der Waals surface area contributed by atoms with Crippen LogP contribution in [0.25, 0.3) is 0 Å². The van der Waals surface area contributed by atoms with Crippen LogP contribution in [-0.2, 0) is 14.8 Å². The molecular formula is C23H21BrN2O6S. The van der Waals surface area contributed by atoms with Crippen molar-refractivity contribution in [2.24, 2.45) is 0 Å². The lowest BCUT2D eigenvalue weighted by Crippen LogP contribution is -2.30. The van der Waals surface area contributed by atoms with Gasteiger partial charge in [0.15, 0.2) is 11.5 Å². The number of methoxy groups -OCH3 is 1. The van der Waals surface area contributed by atoms with E-state index in [2.05, 4.69) is 21.2 Å². The van der Waals surface area contributed by atoms with Crippen molar-refractivity contribution in [3.8, 4) is 23.0 Å². The van der Waals surface area contributed by atoms with Gasteiger partial charge in [0.1, 0.15) is 16.4 Å². The number of fused-ring (bicyclic) bond motifs is 2. The number of nitrogens with one attached hydrogen (secondary N) is 1. The van der Waals surface area contributed by atoms with E-state index in [1.807, 2.05) is 6.07 Å². The van der Waals surface area contributed by atoms with E-state index in [1.54, 1.807) is 42.5 Å². The molecule has 0 radical (unpaired) electrons. The van der Waals surface area contributed by atoms with Crippen LogP contribution in [0.5, 0.6) is 23.0 Å². The lowest BCUT2D eigenvalue weighted by atomic mass is 10.1. The first-order valence-electron chi connectivity index (χ1n) is 9.95. The van der Waals surface area contributed by atoms with Crippen LogP contribution in [0, 0.1) is 0 Å². The molecule has 0 aromatic heterocycles. The molecule has 0 spiro atoms. The van der Waals surface area contributed by atoms with E-state index >= 15 is 0 Å². The van der Waals surface area contributed by atoms with Crippen LogP contribution in [0.4, 0.5) is 5.69 Å². The minimum absolute atomic E-state index is 0.0251. The van der Waals surface area contributed by atoms with Gasteiger partial charge in [0.25, 0.3) is 5.91 Å². The van der Waals surface area contributed by atoms with Crippen LogP contribution in [0.3, 0.4) is 0 Å². The van der Waals surface area contributed by atoms with Crippen molar-refractivity contribution >= 4 is 37.5 Å².